The van der Waals surface area contributed by atoms with Gasteiger partial charge in [-0.05, 0) is 44.1 Å². The van der Waals surface area contributed by atoms with Gasteiger partial charge in [0.15, 0.2) is 0 Å². The second-order valence-corrected chi connectivity index (χ2v) is 4.25. The first-order valence-corrected chi connectivity index (χ1v) is 5.73. The third-order valence-electron chi connectivity index (χ3n) is 1.17. The molecule has 0 aliphatic rings. The highest BCUT2D eigenvalue weighted by Crippen LogP contribution is 2.33. The maximum Gasteiger partial charge on any atom is 0.133 e. The van der Waals surface area contributed by atoms with Gasteiger partial charge in [-0.15, -0.1) is 20.4 Å². The smallest absolute Gasteiger partial charge is 0.133 e. The van der Waals surface area contributed by atoms with E-state index in [0.29, 0.717) is 0 Å². The maximum atomic E-state index is 3.81. The van der Waals surface area contributed by atoms with Crippen LogP contribution in [-0.4, -0.2) is 30.8 Å². The summed E-state index contributed by atoms with van der Waals surface area (Å²) >= 11 is 0. The van der Waals surface area contributed by atoms with Crippen LogP contribution in [0.3, 0.4) is 0 Å². The van der Waals surface area contributed by atoms with E-state index in [9.17, 15) is 0 Å². The molecule has 0 saturated heterocycles. The van der Waals surface area contributed by atoms with Gasteiger partial charge in [-0.2, -0.15) is 0 Å². The van der Waals surface area contributed by atoms with Crippen LogP contribution in [0, 0.1) is 0 Å². The zero-order chi connectivity index (χ0) is 9.64. The van der Waals surface area contributed by atoms with Crippen LogP contribution in [0.4, 0.5) is 0 Å². The van der Waals surface area contributed by atoms with Gasteiger partial charge in [-0.25, -0.2) is 0 Å². The van der Waals surface area contributed by atoms with E-state index in [4.69, 9.17) is 0 Å². The van der Waals surface area contributed by atoms with Gasteiger partial charge in [-0.1, -0.05) is 0 Å². The van der Waals surface area contributed by atoms with Gasteiger partial charge in [0.05, 0.1) is 12.4 Å². The average Bonchev–Trinajstić information content (AvgIpc) is 2.29. The van der Waals surface area contributed by atoms with Crippen molar-refractivity contribution >= 4 is 21.6 Å². The molecule has 70 valence electrons. The predicted molar refractivity (Wildman–Crippen MR) is 51.4 cm³/mol. The molecule has 0 aliphatic heterocycles. The van der Waals surface area contributed by atoms with Gasteiger partial charge >= 0.3 is 0 Å². The predicted octanol–water partition coefficient (Wildman–Crippen LogP) is 0.856. The van der Waals surface area contributed by atoms with Crippen LogP contribution >= 0.6 is 21.6 Å². The average molecular weight is 224 g/mol. The van der Waals surface area contributed by atoms with Crippen molar-refractivity contribution in [3.8, 4) is 0 Å². The Morgan fingerprint density at radius 1 is 0.786 bits per heavy atom. The van der Waals surface area contributed by atoms with Gasteiger partial charge in [0.1, 0.15) is 10.1 Å². The molecular weight excluding hydrogens is 220 g/mol. The summed E-state index contributed by atoms with van der Waals surface area (Å²) in [5, 5.41) is 23.4. The highest BCUT2D eigenvalue weighted by Gasteiger charge is 1.99. The van der Waals surface area contributed by atoms with Crippen molar-refractivity contribution in [1.82, 2.24) is 30.8 Å². The summed E-state index contributed by atoms with van der Waals surface area (Å²) in [7, 11) is 2.89. The van der Waals surface area contributed by atoms with E-state index in [-0.39, 0.29) is 0 Å². The number of aromatic nitrogens is 6. The Balaban J connectivity index is 1.96. The lowest BCUT2D eigenvalue weighted by atomic mass is 10.7. The first-order valence-electron chi connectivity index (χ1n) is 3.58. The standard InChI is InChI=1S/C6H4N6S2/c1-3-7-11-9-5(1)13-14-6-2-4-8-12-10-6/h1-4H. The second kappa shape index (κ2) is 4.82. The van der Waals surface area contributed by atoms with E-state index in [1.165, 1.54) is 21.6 Å². The number of nitrogens with zero attached hydrogens (tertiary/aromatic N) is 6. The molecular formula is C6H4N6S2. The fourth-order valence-electron chi connectivity index (χ4n) is 0.635. The van der Waals surface area contributed by atoms with E-state index < -0.39 is 0 Å². The number of hydrogen-bond donors (Lipinski definition) is 0. The zero-order valence-corrected chi connectivity index (χ0v) is 8.44. The second-order valence-electron chi connectivity index (χ2n) is 2.08. The van der Waals surface area contributed by atoms with E-state index in [0.717, 1.165) is 10.1 Å². The highest BCUT2D eigenvalue weighted by atomic mass is 33.1. The molecule has 0 aromatic carbocycles. The summed E-state index contributed by atoms with van der Waals surface area (Å²) in [6, 6.07) is 3.55. The summed E-state index contributed by atoms with van der Waals surface area (Å²) in [4.78, 5) is 0. The Morgan fingerprint density at radius 2 is 1.29 bits per heavy atom. The summed E-state index contributed by atoms with van der Waals surface area (Å²) in [6.45, 7) is 0. The van der Waals surface area contributed by atoms with Gasteiger partial charge < -0.3 is 0 Å². The molecule has 2 rings (SSSR count). The Morgan fingerprint density at radius 3 is 1.64 bits per heavy atom. The van der Waals surface area contributed by atoms with Gasteiger partial charge in [-0.3, -0.25) is 0 Å². The van der Waals surface area contributed by atoms with Crippen LogP contribution in [0.1, 0.15) is 0 Å². The summed E-state index contributed by atoms with van der Waals surface area (Å²) in [5.74, 6) is 0. The SMILES string of the molecule is c1cc(SSc2ccnnn2)nnn1. The van der Waals surface area contributed by atoms with Crippen molar-refractivity contribution in [3.05, 3.63) is 24.5 Å². The fraction of sp³-hybridized carbons (Fsp3) is 0. The highest BCUT2D eigenvalue weighted by molar-refractivity contribution is 8.76. The lowest BCUT2D eigenvalue weighted by Crippen LogP contribution is -1.87. The Kier molecular flexibility index (Phi) is 3.19. The molecule has 0 aliphatic carbocycles. The lowest BCUT2D eigenvalue weighted by molar-refractivity contribution is 0.803. The minimum atomic E-state index is 0.781. The summed E-state index contributed by atoms with van der Waals surface area (Å²) in [6.07, 6.45) is 3.18. The first kappa shape index (κ1) is 9.28. The molecule has 0 amide bonds. The molecule has 0 saturated carbocycles. The van der Waals surface area contributed by atoms with Crippen LogP contribution in [0.15, 0.2) is 34.6 Å². The largest absolute Gasteiger partial charge is 0.139 e. The van der Waals surface area contributed by atoms with Gasteiger partial charge in [0, 0.05) is 0 Å². The van der Waals surface area contributed by atoms with Crippen LogP contribution in [-0.2, 0) is 0 Å². The molecule has 0 atom stereocenters. The molecule has 0 radical (unpaired) electrons. The van der Waals surface area contributed by atoms with E-state index in [2.05, 4.69) is 30.8 Å². The third-order valence-corrected chi connectivity index (χ3v) is 3.30. The van der Waals surface area contributed by atoms with Crippen molar-refractivity contribution in [2.45, 2.75) is 10.1 Å². The Hall–Kier alpha value is -1.28. The minimum Gasteiger partial charge on any atom is -0.139 e. The van der Waals surface area contributed by atoms with Crippen molar-refractivity contribution in [3.63, 3.8) is 0 Å². The van der Waals surface area contributed by atoms with Crippen LogP contribution in [0.2, 0.25) is 0 Å². The first-order chi connectivity index (χ1) is 6.95. The van der Waals surface area contributed by atoms with Crippen molar-refractivity contribution in [1.29, 1.82) is 0 Å². The maximum absolute atomic E-state index is 3.81. The molecule has 8 heteroatoms. The summed E-state index contributed by atoms with van der Waals surface area (Å²) < 4.78 is 0. The van der Waals surface area contributed by atoms with Crippen molar-refractivity contribution < 1.29 is 0 Å². The molecule has 2 aromatic heterocycles. The monoisotopic (exact) mass is 224 g/mol. The van der Waals surface area contributed by atoms with Crippen LogP contribution in [0.25, 0.3) is 0 Å². The normalized spacial score (nSPS) is 10.0. The molecule has 6 nitrogen and oxygen atoms in total. The minimum absolute atomic E-state index is 0.781. The third kappa shape index (κ3) is 2.60. The quantitative estimate of drug-likeness (QED) is 0.710. The molecule has 14 heavy (non-hydrogen) atoms. The number of rotatable bonds is 3. The van der Waals surface area contributed by atoms with Crippen molar-refractivity contribution in [2.24, 2.45) is 0 Å². The van der Waals surface area contributed by atoms with Crippen LogP contribution < -0.4 is 0 Å². The molecule has 0 unspecified atom stereocenters. The molecule has 0 fully saturated rings. The lowest BCUT2D eigenvalue weighted by Gasteiger charge is -1.95. The number of hydrogen-bond acceptors (Lipinski definition) is 8. The van der Waals surface area contributed by atoms with E-state index in [1.54, 1.807) is 24.5 Å². The topological polar surface area (TPSA) is 77.3 Å². The molecule has 0 N–H and O–H groups in total. The van der Waals surface area contributed by atoms with Gasteiger partial charge in [0.2, 0.25) is 0 Å². The van der Waals surface area contributed by atoms with E-state index in [1.807, 2.05) is 0 Å². The molecule has 2 aromatic rings. The zero-order valence-electron chi connectivity index (χ0n) is 6.81. The Labute approximate surface area is 87.3 Å². The molecule has 0 spiro atoms. The van der Waals surface area contributed by atoms with E-state index >= 15 is 0 Å². The van der Waals surface area contributed by atoms with Crippen molar-refractivity contribution in [2.75, 3.05) is 0 Å². The summed E-state index contributed by atoms with van der Waals surface area (Å²) in [5.41, 5.74) is 0. The molecule has 0 bridgehead atoms. The Bertz CT molecular complexity index is 343. The van der Waals surface area contributed by atoms with Gasteiger partial charge in [0.25, 0.3) is 0 Å². The molecule has 2 heterocycles. The van der Waals surface area contributed by atoms with Crippen LogP contribution in [0.5, 0.6) is 0 Å². The fourth-order valence-corrected chi connectivity index (χ4v) is 2.22.